The molecule has 0 aliphatic rings. The lowest BCUT2D eigenvalue weighted by Crippen LogP contribution is -2.14. The maximum Gasteiger partial charge on any atom is 0.109 e. The Balaban J connectivity index is 1.60. The second-order valence-electron chi connectivity index (χ2n) is 9.77. The van der Waals surface area contributed by atoms with Crippen LogP contribution in [-0.2, 0) is 0 Å². The highest BCUT2D eigenvalue weighted by Gasteiger charge is 2.15. The first-order valence-electron chi connectivity index (χ1n) is 12.3. The number of aromatic nitrogens is 3. The van der Waals surface area contributed by atoms with Crippen molar-refractivity contribution in [2.75, 3.05) is 0 Å². The van der Waals surface area contributed by atoms with Crippen molar-refractivity contribution >= 4 is 38.3 Å². The average Bonchev–Trinajstić information content (AvgIpc) is 3.33. The summed E-state index contributed by atoms with van der Waals surface area (Å²) in [5.74, 6) is 1.71. The molecule has 0 radical (unpaired) electrons. The lowest BCUT2D eigenvalue weighted by Gasteiger charge is -2.16. The standard InChI is InChI=1S/C31H32N4/c1-7-28(33-20(6)18(2)3)22-10-8-21(9-11-22)23-12-13-25-26(16-23)24-14-15-32-17-27(24)30-29(25)34-31(35-30)19(4)5/h7-19,33H,6H2,1-5H3,(H,34,35)/b28-7-. The van der Waals surface area contributed by atoms with Crippen molar-refractivity contribution in [1.29, 1.82) is 0 Å². The van der Waals surface area contributed by atoms with E-state index in [0.717, 1.165) is 39.2 Å². The zero-order chi connectivity index (χ0) is 24.7. The largest absolute Gasteiger partial charge is 0.359 e. The molecule has 0 spiro atoms. The van der Waals surface area contributed by atoms with Crippen LogP contribution in [0.25, 0.3) is 49.4 Å². The van der Waals surface area contributed by atoms with Gasteiger partial charge in [0.25, 0.3) is 0 Å². The van der Waals surface area contributed by atoms with Gasteiger partial charge in [-0.3, -0.25) is 4.98 Å². The van der Waals surface area contributed by atoms with Gasteiger partial charge in [-0.05, 0) is 52.4 Å². The molecule has 0 atom stereocenters. The van der Waals surface area contributed by atoms with E-state index in [0.29, 0.717) is 11.8 Å². The Hall–Kier alpha value is -3.92. The maximum atomic E-state index is 4.92. The maximum absolute atomic E-state index is 4.92. The van der Waals surface area contributed by atoms with Crippen LogP contribution in [0.5, 0.6) is 0 Å². The number of hydrogen-bond acceptors (Lipinski definition) is 3. The van der Waals surface area contributed by atoms with Gasteiger partial charge in [0, 0.05) is 40.5 Å². The molecule has 2 N–H and O–H groups in total. The molecule has 5 aromatic rings. The molecule has 35 heavy (non-hydrogen) atoms. The summed E-state index contributed by atoms with van der Waals surface area (Å²) < 4.78 is 0. The second-order valence-corrected chi connectivity index (χ2v) is 9.77. The first kappa shape index (κ1) is 22.9. The van der Waals surface area contributed by atoms with Crippen molar-refractivity contribution in [3.8, 4) is 11.1 Å². The number of fused-ring (bicyclic) bond motifs is 6. The Morgan fingerprint density at radius 2 is 1.66 bits per heavy atom. The van der Waals surface area contributed by atoms with Gasteiger partial charge in [0.15, 0.2) is 0 Å². The van der Waals surface area contributed by atoms with E-state index in [2.05, 4.69) is 104 Å². The topological polar surface area (TPSA) is 53.6 Å². The number of rotatable bonds is 6. The summed E-state index contributed by atoms with van der Waals surface area (Å²) in [4.78, 5) is 12.9. The molecular weight excluding hydrogens is 428 g/mol. The van der Waals surface area contributed by atoms with Crippen LogP contribution >= 0.6 is 0 Å². The molecule has 5 rings (SSSR count). The molecule has 4 nitrogen and oxygen atoms in total. The highest BCUT2D eigenvalue weighted by atomic mass is 14.9. The molecule has 3 aromatic carbocycles. The Morgan fingerprint density at radius 3 is 2.34 bits per heavy atom. The highest BCUT2D eigenvalue weighted by molar-refractivity contribution is 6.23. The lowest BCUT2D eigenvalue weighted by atomic mass is 9.96. The van der Waals surface area contributed by atoms with Crippen LogP contribution in [0.1, 0.15) is 51.9 Å². The second kappa shape index (κ2) is 9.03. The SMILES string of the molecule is C=C(N/C(=C\C)c1ccc(-c2ccc3c(c2)c2ccncc2c2nc(C(C)C)[nH]c32)cc1)C(C)C. The molecule has 0 unspecified atom stereocenters. The Kier molecular flexibility index (Phi) is 5.89. The minimum Gasteiger partial charge on any atom is -0.359 e. The number of hydrogen-bond donors (Lipinski definition) is 2. The predicted molar refractivity (Wildman–Crippen MR) is 149 cm³/mol. The molecule has 0 aliphatic carbocycles. The number of nitrogens with one attached hydrogen (secondary N) is 2. The Labute approximate surface area is 206 Å². The number of H-pyrrole nitrogens is 1. The van der Waals surface area contributed by atoms with E-state index in [9.17, 15) is 0 Å². The molecule has 0 fully saturated rings. The highest BCUT2D eigenvalue weighted by Crippen LogP contribution is 2.36. The Morgan fingerprint density at radius 1 is 0.914 bits per heavy atom. The minimum atomic E-state index is 0.330. The van der Waals surface area contributed by atoms with Crippen molar-refractivity contribution in [3.63, 3.8) is 0 Å². The van der Waals surface area contributed by atoms with E-state index < -0.39 is 0 Å². The van der Waals surface area contributed by atoms with Gasteiger partial charge in [-0.1, -0.05) is 76.7 Å². The van der Waals surface area contributed by atoms with E-state index >= 15 is 0 Å². The molecule has 176 valence electrons. The van der Waals surface area contributed by atoms with Crippen molar-refractivity contribution < 1.29 is 0 Å². The van der Waals surface area contributed by atoms with E-state index in [1.807, 2.05) is 19.3 Å². The van der Waals surface area contributed by atoms with Gasteiger partial charge in [-0.15, -0.1) is 0 Å². The molecular formula is C31H32N4. The zero-order valence-electron chi connectivity index (χ0n) is 21.1. The van der Waals surface area contributed by atoms with E-state index in [1.54, 1.807) is 0 Å². The molecule has 2 heterocycles. The van der Waals surface area contributed by atoms with Crippen LogP contribution in [0.15, 0.2) is 79.3 Å². The van der Waals surface area contributed by atoms with Crippen molar-refractivity contribution in [1.82, 2.24) is 20.3 Å². The predicted octanol–water partition coefficient (Wildman–Crippen LogP) is 8.17. The number of nitrogens with zero attached hydrogens (tertiary/aromatic N) is 2. The van der Waals surface area contributed by atoms with Gasteiger partial charge in [0.2, 0.25) is 0 Å². The molecule has 2 aromatic heterocycles. The van der Waals surface area contributed by atoms with Gasteiger partial charge < -0.3 is 10.3 Å². The molecule has 0 saturated heterocycles. The van der Waals surface area contributed by atoms with Crippen LogP contribution in [-0.4, -0.2) is 15.0 Å². The van der Waals surface area contributed by atoms with Crippen LogP contribution < -0.4 is 5.32 Å². The minimum absolute atomic E-state index is 0.330. The van der Waals surface area contributed by atoms with Gasteiger partial charge in [0.1, 0.15) is 5.82 Å². The van der Waals surface area contributed by atoms with Crippen LogP contribution in [0.4, 0.5) is 0 Å². The third kappa shape index (κ3) is 4.10. The smallest absolute Gasteiger partial charge is 0.109 e. The van der Waals surface area contributed by atoms with E-state index in [1.165, 1.54) is 27.3 Å². The fourth-order valence-electron chi connectivity index (χ4n) is 4.51. The van der Waals surface area contributed by atoms with Crippen LogP contribution in [0.2, 0.25) is 0 Å². The zero-order valence-corrected chi connectivity index (χ0v) is 21.1. The normalized spacial score (nSPS) is 12.4. The van der Waals surface area contributed by atoms with Crippen molar-refractivity contribution in [2.24, 2.45) is 5.92 Å². The van der Waals surface area contributed by atoms with Gasteiger partial charge >= 0.3 is 0 Å². The number of benzene rings is 3. The fourth-order valence-corrected chi connectivity index (χ4v) is 4.51. The summed E-state index contributed by atoms with van der Waals surface area (Å²) >= 11 is 0. The summed E-state index contributed by atoms with van der Waals surface area (Å²) in [6, 6.07) is 17.5. The van der Waals surface area contributed by atoms with E-state index in [4.69, 9.17) is 4.98 Å². The van der Waals surface area contributed by atoms with Crippen LogP contribution in [0.3, 0.4) is 0 Å². The van der Waals surface area contributed by atoms with Crippen LogP contribution in [0, 0.1) is 5.92 Å². The summed E-state index contributed by atoms with van der Waals surface area (Å²) in [7, 11) is 0. The fraction of sp³-hybridized carbons (Fsp3) is 0.226. The van der Waals surface area contributed by atoms with Gasteiger partial charge in [-0.25, -0.2) is 4.98 Å². The van der Waals surface area contributed by atoms with Gasteiger partial charge in [-0.2, -0.15) is 0 Å². The number of allylic oxidation sites excluding steroid dienone is 2. The molecule has 0 amide bonds. The molecule has 0 aliphatic heterocycles. The van der Waals surface area contributed by atoms with Crippen molar-refractivity contribution in [3.05, 3.63) is 90.7 Å². The summed E-state index contributed by atoms with van der Waals surface area (Å²) in [5, 5.41) is 8.12. The Bertz CT molecular complexity index is 1580. The number of pyridine rings is 1. The number of imidazole rings is 1. The number of aromatic amines is 1. The summed E-state index contributed by atoms with van der Waals surface area (Å²) in [6.07, 6.45) is 5.89. The third-order valence-electron chi connectivity index (χ3n) is 6.73. The van der Waals surface area contributed by atoms with Crippen molar-refractivity contribution in [2.45, 2.75) is 40.5 Å². The first-order chi connectivity index (χ1) is 16.9. The lowest BCUT2D eigenvalue weighted by molar-refractivity contribution is 0.724. The van der Waals surface area contributed by atoms with E-state index in [-0.39, 0.29) is 0 Å². The average molecular weight is 461 g/mol. The quantitative estimate of drug-likeness (QED) is 0.251. The van der Waals surface area contributed by atoms with Gasteiger partial charge in [0.05, 0.1) is 11.0 Å². The molecule has 4 heteroatoms. The third-order valence-corrected chi connectivity index (χ3v) is 6.73. The molecule has 0 bridgehead atoms. The summed E-state index contributed by atoms with van der Waals surface area (Å²) in [6.45, 7) is 14.8. The monoisotopic (exact) mass is 460 g/mol. The first-order valence-corrected chi connectivity index (χ1v) is 12.3. The summed E-state index contributed by atoms with van der Waals surface area (Å²) in [5.41, 5.74) is 7.70. The molecule has 0 saturated carbocycles.